The van der Waals surface area contributed by atoms with Gasteiger partial charge in [-0.3, -0.25) is 4.79 Å². The topological polar surface area (TPSA) is 117 Å². The maximum atomic E-state index is 13.1. The van der Waals surface area contributed by atoms with Crippen LogP contribution in [0.25, 0.3) is 0 Å². The van der Waals surface area contributed by atoms with Gasteiger partial charge in [-0.25, -0.2) is 0 Å². The SMILES string of the molecule is COc1cc([C@@H]2c3cc(O)c(O)cc3[C@@H](Nc3ccccc3)[C@H]3COC(=O)[C@H]23)cc(OC)c1O. The van der Waals surface area contributed by atoms with Crippen LogP contribution in [0.1, 0.15) is 28.7 Å². The van der Waals surface area contributed by atoms with Crippen LogP contribution < -0.4 is 14.8 Å². The molecule has 3 aromatic carbocycles. The van der Waals surface area contributed by atoms with Gasteiger partial charge >= 0.3 is 5.97 Å². The molecule has 8 heteroatoms. The van der Waals surface area contributed by atoms with Crippen molar-refractivity contribution in [3.63, 3.8) is 0 Å². The van der Waals surface area contributed by atoms with E-state index >= 15 is 0 Å². The monoisotopic (exact) mass is 463 g/mol. The molecular formula is C26H25NO7. The lowest BCUT2D eigenvalue weighted by Crippen LogP contribution is -2.37. The number of esters is 1. The molecule has 2 aliphatic rings. The van der Waals surface area contributed by atoms with E-state index in [2.05, 4.69) is 5.32 Å². The van der Waals surface area contributed by atoms with E-state index in [9.17, 15) is 20.1 Å². The number of fused-ring (bicyclic) bond motifs is 2. The fraction of sp³-hybridized carbons (Fsp3) is 0.269. The van der Waals surface area contributed by atoms with Crippen molar-refractivity contribution in [2.24, 2.45) is 11.8 Å². The van der Waals surface area contributed by atoms with Crippen LogP contribution in [0.3, 0.4) is 0 Å². The van der Waals surface area contributed by atoms with Gasteiger partial charge in [0.1, 0.15) is 0 Å². The molecule has 8 nitrogen and oxygen atoms in total. The van der Waals surface area contributed by atoms with Crippen molar-refractivity contribution in [1.29, 1.82) is 0 Å². The molecule has 176 valence electrons. The molecule has 0 unspecified atom stereocenters. The third-order valence-electron chi connectivity index (χ3n) is 6.75. The summed E-state index contributed by atoms with van der Waals surface area (Å²) >= 11 is 0. The Kier molecular flexibility index (Phi) is 5.36. The van der Waals surface area contributed by atoms with Gasteiger partial charge in [0.05, 0.1) is 32.8 Å². The molecule has 3 aromatic rings. The predicted molar refractivity (Wildman–Crippen MR) is 124 cm³/mol. The molecule has 1 aliphatic heterocycles. The van der Waals surface area contributed by atoms with Gasteiger partial charge in [-0.2, -0.15) is 0 Å². The average Bonchev–Trinajstić information content (AvgIpc) is 3.22. The number of carbonyl (C=O) groups is 1. The van der Waals surface area contributed by atoms with E-state index in [4.69, 9.17) is 14.2 Å². The Morgan fingerprint density at radius 3 is 2.15 bits per heavy atom. The van der Waals surface area contributed by atoms with Crippen LogP contribution in [-0.2, 0) is 9.53 Å². The second kappa shape index (κ2) is 8.37. The number of nitrogens with one attached hydrogen (secondary N) is 1. The number of ether oxygens (including phenoxy) is 3. The number of phenolic OH excluding ortho intramolecular Hbond substituents is 3. The molecule has 1 heterocycles. The highest BCUT2D eigenvalue weighted by Gasteiger charge is 2.52. The molecule has 0 bridgehead atoms. The molecular weight excluding hydrogens is 438 g/mol. The van der Waals surface area contributed by atoms with E-state index in [0.717, 1.165) is 11.3 Å². The van der Waals surface area contributed by atoms with Crippen molar-refractivity contribution in [3.8, 4) is 28.7 Å². The zero-order valence-electron chi connectivity index (χ0n) is 18.7. The molecule has 0 spiro atoms. The van der Waals surface area contributed by atoms with E-state index in [1.54, 1.807) is 12.1 Å². The summed E-state index contributed by atoms with van der Waals surface area (Å²) in [5.74, 6) is -1.98. The molecule has 0 amide bonds. The first kappa shape index (κ1) is 21.8. The maximum Gasteiger partial charge on any atom is 0.310 e. The Morgan fingerprint density at radius 2 is 1.53 bits per heavy atom. The number of methoxy groups -OCH3 is 2. The number of para-hydroxylation sites is 1. The molecule has 0 aromatic heterocycles. The van der Waals surface area contributed by atoms with Gasteiger partial charge in [0, 0.05) is 17.5 Å². The van der Waals surface area contributed by atoms with Gasteiger partial charge in [0.2, 0.25) is 5.75 Å². The minimum Gasteiger partial charge on any atom is -0.504 e. The summed E-state index contributed by atoms with van der Waals surface area (Å²) in [5.41, 5.74) is 2.92. The number of cyclic esters (lactones) is 1. The number of rotatable bonds is 5. The van der Waals surface area contributed by atoms with Crippen LogP contribution in [0.15, 0.2) is 54.6 Å². The first-order valence-corrected chi connectivity index (χ1v) is 10.9. The Balaban J connectivity index is 1.72. The first-order valence-electron chi connectivity index (χ1n) is 10.9. The van der Waals surface area contributed by atoms with Gasteiger partial charge in [0.25, 0.3) is 0 Å². The average molecular weight is 463 g/mol. The van der Waals surface area contributed by atoms with Crippen LogP contribution in [0.2, 0.25) is 0 Å². The maximum absolute atomic E-state index is 13.1. The van der Waals surface area contributed by atoms with Gasteiger partial charge < -0.3 is 34.8 Å². The number of carbonyl (C=O) groups excluding carboxylic acids is 1. The Labute approximate surface area is 196 Å². The summed E-state index contributed by atoms with van der Waals surface area (Å²) < 4.78 is 16.2. The van der Waals surface area contributed by atoms with Crippen LogP contribution in [0.4, 0.5) is 5.69 Å². The van der Waals surface area contributed by atoms with Crippen LogP contribution in [0.5, 0.6) is 28.7 Å². The van der Waals surface area contributed by atoms with Crippen molar-refractivity contribution < 1.29 is 34.3 Å². The van der Waals surface area contributed by atoms with Gasteiger partial charge in [-0.1, -0.05) is 18.2 Å². The number of aromatic hydroxyl groups is 3. The quantitative estimate of drug-likeness (QED) is 0.332. The lowest BCUT2D eigenvalue weighted by molar-refractivity contribution is -0.141. The van der Waals surface area contributed by atoms with Crippen molar-refractivity contribution in [2.75, 3.05) is 26.1 Å². The van der Waals surface area contributed by atoms with E-state index in [0.29, 0.717) is 11.1 Å². The summed E-state index contributed by atoms with van der Waals surface area (Å²) in [6.45, 7) is 0.206. The summed E-state index contributed by atoms with van der Waals surface area (Å²) in [4.78, 5) is 13.1. The zero-order valence-corrected chi connectivity index (χ0v) is 18.7. The fourth-order valence-corrected chi connectivity index (χ4v) is 5.19. The fourth-order valence-electron chi connectivity index (χ4n) is 5.19. The third-order valence-corrected chi connectivity index (χ3v) is 6.75. The van der Waals surface area contributed by atoms with Crippen LogP contribution in [0, 0.1) is 11.8 Å². The molecule has 1 saturated heterocycles. The first-order chi connectivity index (χ1) is 16.4. The number of hydrogen-bond acceptors (Lipinski definition) is 8. The number of benzene rings is 3. The second-order valence-corrected chi connectivity index (χ2v) is 8.53. The minimum atomic E-state index is -0.573. The van der Waals surface area contributed by atoms with Gasteiger partial charge in [0.15, 0.2) is 23.0 Å². The molecule has 34 heavy (non-hydrogen) atoms. The zero-order chi connectivity index (χ0) is 24.0. The van der Waals surface area contributed by atoms with Gasteiger partial charge in [-0.05, 0) is 53.1 Å². The molecule has 5 rings (SSSR count). The second-order valence-electron chi connectivity index (χ2n) is 8.53. The summed E-state index contributed by atoms with van der Waals surface area (Å²) in [7, 11) is 2.87. The minimum absolute atomic E-state index is 0.146. The van der Waals surface area contributed by atoms with Crippen LogP contribution >= 0.6 is 0 Å². The van der Waals surface area contributed by atoms with E-state index in [-0.39, 0.29) is 53.3 Å². The largest absolute Gasteiger partial charge is 0.504 e. The van der Waals surface area contributed by atoms with Crippen molar-refractivity contribution in [3.05, 3.63) is 71.3 Å². The van der Waals surface area contributed by atoms with Crippen LogP contribution in [-0.4, -0.2) is 42.1 Å². The lowest BCUT2D eigenvalue weighted by atomic mass is 9.65. The Morgan fingerprint density at radius 1 is 0.912 bits per heavy atom. The summed E-state index contributed by atoms with van der Waals surface area (Å²) in [5, 5.41) is 34.6. The van der Waals surface area contributed by atoms with E-state index < -0.39 is 11.8 Å². The highest BCUT2D eigenvalue weighted by Crippen LogP contribution is 2.55. The van der Waals surface area contributed by atoms with Crippen molar-refractivity contribution in [1.82, 2.24) is 0 Å². The number of phenols is 3. The Hall–Kier alpha value is -4.07. The summed E-state index contributed by atoms with van der Waals surface area (Å²) in [6, 6.07) is 15.6. The normalized spacial score (nSPS) is 22.9. The van der Waals surface area contributed by atoms with Crippen molar-refractivity contribution in [2.45, 2.75) is 12.0 Å². The molecule has 1 fully saturated rings. The highest BCUT2D eigenvalue weighted by atomic mass is 16.5. The number of anilines is 1. The molecule has 4 atom stereocenters. The standard InChI is InChI=1S/C26H25NO7/c1-32-20-8-13(9-21(33-2)25(20)30)22-15-10-18(28)19(29)11-16(15)24(17-12-34-26(31)23(17)22)27-14-6-4-3-5-7-14/h3-11,17,22-24,27-30H,12H2,1-2H3/t17-,22+,23-,24+/m0/s1. The summed E-state index contributed by atoms with van der Waals surface area (Å²) in [6.07, 6.45) is 0. The highest BCUT2D eigenvalue weighted by molar-refractivity contribution is 5.79. The predicted octanol–water partition coefficient (Wildman–Crippen LogP) is 3.91. The molecule has 4 N–H and O–H groups in total. The smallest absolute Gasteiger partial charge is 0.310 e. The Bertz CT molecular complexity index is 1220. The van der Waals surface area contributed by atoms with E-state index in [1.165, 1.54) is 26.4 Å². The van der Waals surface area contributed by atoms with E-state index in [1.807, 2.05) is 30.3 Å². The third kappa shape index (κ3) is 3.42. The molecule has 0 saturated carbocycles. The van der Waals surface area contributed by atoms with Gasteiger partial charge in [-0.15, -0.1) is 0 Å². The molecule has 1 aliphatic carbocycles. The van der Waals surface area contributed by atoms with Crippen molar-refractivity contribution >= 4 is 11.7 Å². The molecule has 0 radical (unpaired) electrons. The number of hydrogen-bond donors (Lipinski definition) is 4. The lowest BCUT2D eigenvalue weighted by Gasteiger charge is -2.40.